The molecule has 0 spiro atoms. The van der Waals surface area contributed by atoms with Gasteiger partial charge in [0, 0.05) is 6.04 Å². The van der Waals surface area contributed by atoms with Gasteiger partial charge < -0.3 is 0 Å². The van der Waals surface area contributed by atoms with Gasteiger partial charge in [-0.2, -0.15) is 0 Å². The molecular weight excluding hydrogens is 377 g/mol. The highest BCUT2D eigenvalue weighted by atomic mass is 35.5. The van der Waals surface area contributed by atoms with Crippen molar-refractivity contribution in [3.05, 3.63) is 27.2 Å². The van der Waals surface area contributed by atoms with Crippen molar-refractivity contribution in [3.63, 3.8) is 0 Å². The molecule has 0 aromatic heterocycles. The average molecular weight is 397 g/mol. The van der Waals surface area contributed by atoms with E-state index in [1.54, 1.807) is 0 Å². The zero-order valence-corrected chi connectivity index (χ0v) is 16.4. The lowest BCUT2D eigenvalue weighted by atomic mass is 9.69. The van der Waals surface area contributed by atoms with E-state index in [0.717, 1.165) is 19.3 Å². The summed E-state index contributed by atoms with van der Waals surface area (Å²) in [6, 6.07) is 2.56. The van der Waals surface area contributed by atoms with Crippen molar-refractivity contribution in [3.8, 4) is 0 Å². The van der Waals surface area contributed by atoms with Gasteiger partial charge in [0.25, 0.3) is 0 Å². The van der Waals surface area contributed by atoms with Crippen LogP contribution in [-0.2, 0) is 10.0 Å². The number of fused-ring (bicyclic) bond motifs is 2. The minimum atomic E-state index is -3.77. The molecule has 3 rings (SSSR count). The molecule has 2 saturated carbocycles. The van der Waals surface area contributed by atoms with Crippen LogP contribution in [0.1, 0.15) is 40.0 Å². The Bertz CT molecular complexity index is 758. The summed E-state index contributed by atoms with van der Waals surface area (Å²) in [5.74, 6) is 0.546. The second kappa shape index (κ2) is 5.50. The van der Waals surface area contributed by atoms with Crippen LogP contribution in [0.4, 0.5) is 0 Å². The molecule has 23 heavy (non-hydrogen) atoms. The van der Waals surface area contributed by atoms with Gasteiger partial charge in [0.15, 0.2) is 0 Å². The van der Waals surface area contributed by atoms with E-state index in [1.165, 1.54) is 12.1 Å². The number of hydrogen-bond acceptors (Lipinski definition) is 2. The largest absolute Gasteiger partial charge is 0.242 e. The first kappa shape index (κ1) is 17.8. The molecule has 0 heterocycles. The zero-order chi connectivity index (χ0) is 17.2. The molecule has 1 aromatic rings. The van der Waals surface area contributed by atoms with Crippen molar-refractivity contribution in [2.24, 2.45) is 16.7 Å². The van der Waals surface area contributed by atoms with Gasteiger partial charge in [0.05, 0.1) is 15.1 Å². The van der Waals surface area contributed by atoms with Crippen LogP contribution in [0, 0.1) is 16.7 Å². The van der Waals surface area contributed by atoms with Crippen molar-refractivity contribution >= 4 is 44.8 Å². The highest BCUT2D eigenvalue weighted by Crippen LogP contribution is 2.62. The quantitative estimate of drug-likeness (QED) is 0.719. The Labute approximate surface area is 152 Å². The SMILES string of the molecule is CC1(C)[C@@H]2CC[C@@](C)(C2)[C@H]1NS(=O)(=O)c1cc(Cl)c(Cl)cc1Cl. The van der Waals surface area contributed by atoms with Gasteiger partial charge in [-0.3, -0.25) is 0 Å². The van der Waals surface area contributed by atoms with Gasteiger partial charge >= 0.3 is 0 Å². The van der Waals surface area contributed by atoms with Gasteiger partial charge in [-0.05, 0) is 48.1 Å². The predicted molar refractivity (Wildman–Crippen MR) is 94.8 cm³/mol. The smallest absolute Gasteiger partial charge is 0.207 e. The van der Waals surface area contributed by atoms with Crippen LogP contribution < -0.4 is 4.72 Å². The molecule has 2 aliphatic carbocycles. The van der Waals surface area contributed by atoms with Gasteiger partial charge in [0.2, 0.25) is 10.0 Å². The van der Waals surface area contributed by atoms with Crippen LogP contribution in [-0.4, -0.2) is 14.5 Å². The van der Waals surface area contributed by atoms with E-state index >= 15 is 0 Å². The van der Waals surface area contributed by atoms with Crippen molar-refractivity contribution in [1.82, 2.24) is 4.72 Å². The van der Waals surface area contributed by atoms with Crippen LogP contribution in [0.3, 0.4) is 0 Å². The Morgan fingerprint density at radius 2 is 1.70 bits per heavy atom. The Balaban J connectivity index is 1.98. The average Bonchev–Trinajstić information content (AvgIpc) is 2.90. The summed E-state index contributed by atoms with van der Waals surface area (Å²) in [5.41, 5.74) is -0.0906. The van der Waals surface area contributed by atoms with Crippen LogP contribution in [0.15, 0.2) is 17.0 Å². The van der Waals surface area contributed by atoms with Gasteiger partial charge in [-0.15, -0.1) is 0 Å². The van der Waals surface area contributed by atoms with E-state index in [0.29, 0.717) is 5.92 Å². The predicted octanol–water partition coefficient (Wildman–Crippen LogP) is 5.14. The normalized spacial score (nSPS) is 32.4. The van der Waals surface area contributed by atoms with Crippen molar-refractivity contribution in [2.45, 2.75) is 51.0 Å². The Kier molecular flexibility index (Phi) is 4.26. The van der Waals surface area contributed by atoms with E-state index in [2.05, 4.69) is 25.5 Å². The maximum atomic E-state index is 12.9. The molecule has 0 unspecified atom stereocenters. The zero-order valence-electron chi connectivity index (χ0n) is 13.3. The summed E-state index contributed by atoms with van der Waals surface area (Å²) in [7, 11) is -3.77. The third-order valence-electron chi connectivity index (χ3n) is 5.81. The summed E-state index contributed by atoms with van der Waals surface area (Å²) < 4.78 is 28.7. The summed E-state index contributed by atoms with van der Waals surface area (Å²) >= 11 is 18.0. The molecule has 2 fully saturated rings. The number of rotatable bonds is 3. The van der Waals surface area contributed by atoms with Gasteiger partial charge in [0.1, 0.15) is 4.90 Å². The van der Waals surface area contributed by atoms with Crippen LogP contribution in [0.25, 0.3) is 0 Å². The Hall–Kier alpha value is -0.000000000000000111. The first-order valence-corrected chi connectivity index (χ1v) is 10.3. The molecule has 3 nitrogen and oxygen atoms in total. The van der Waals surface area contributed by atoms with Crippen molar-refractivity contribution in [1.29, 1.82) is 0 Å². The van der Waals surface area contributed by atoms with Crippen molar-refractivity contribution in [2.75, 3.05) is 0 Å². The minimum absolute atomic E-state index is 0.00999. The fourth-order valence-corrected chi connectivity index (χ4v) is 7.06. The summed E-state index contributed by atoms with van der Waals surface area (Å²) in [5, 5.41) is 0.496. The number of halogens is 3. The maximum absolute atomic E-state index is 12.9. The molecule has 0 amide bonds. The molecule has 0 aliphatic heterocycles. The fraction of sp³-hybridized carbons (Fsp3) is 0.625. The lowest BCUT2D eigenvalue weighted by molar-refractivity contribution is 0.127. The number of sulfonamides is 1. The minimum Gasteiger partial charge on any atom is -0.207 e. The molecule has 1 aromatic carbocycles. The van der Waals surface area contributed by atoms with Gasteiger partial charge in [-0.1, -0.05) is 55.6 Å². The van der Waals surface area contributed by atoms with E-state index in [9.17, 15) is 8.42 Å². The second-order valence-corrected chi connectivity index (χ2v) is 10.6. The van der Waals surface area contributed by atoms with Crippen LogP contribution >= 0.6 is 34.8 Å². The molecule has 0 saturated heterocycles. The number of benzene rings is 1. The lowest BCUT2D eigenvalue weighted by Gasteiger charge is -2.42. The van der Waals surface area contributed by atoms with E-state index in [-0.39, 0.29) is 36.8 Å². The second-order valence-electron chi connectivity index (χ2n) is 7.67. The Morgan fingerprint density at radius 3 is 2.26 bits per heavy atom. The molecule has 2 aliphatic rings. The molecule has 1 N–H and O–H groups in total. The molecular formula is C16H20Cl3NO2S. The van der Waals surface area contributed by atoms with E-state index in [4.69, 9.17) is 34.8 Å². The maximum Gasteiger partial charge on any atom is 0.242 e. The van der Waals surface area contributed by atoms with Crippen LogP contribution in [0.2, 0.25) is 15.1 Å². The molecule has 0 radical (unpaired) electrons. The van der Waals surface area contributed by atoms with E-state index < -0.39 is 10.0 Å². The fourth-order valence-electron chi connectivity index (χ4n) is 4.53. The standard InChI is InChI=1S/C16H20Cl3NO2S/c1-15(2)9-4-5-16(3,8-9)14(15)20-23(21,22)13-7-11(18)10(17)6-12(13)19/h6-7,9,14,20H,4-5,8H2,1-3H3/t9-,14+,16+/m1/s1. The monoisotopic (exact) mass is 395 g/mol. The third kappa shape index (κ3) is 2.81. The summed E-state index contributed by atoms with van der Waals surface area (Å²) in [6.45, 7) is 6.46. The Morgan fingerprint density at radius 1 is 1.09 bits per heavy atom. The van der Waals surface area contributed by atoms with Crippen molar-refractivity contribution < 1.29 is 8.42 Å². The first-order valence-electron chi connectivity index (χ1n) is 7.64. The van der Waals surface area contributed by atoms with Crippen LogP contribution in [0.5, 0.6) is 0 Å². The van der Waals surface area contributed by atoms with Gasteiger partial charge in [-0.25, -0.2) is 13.1 Å². The first-order chi connectivity index (χ1) is 10.5. The van der Waals surface area contributed by atoms with E-state index in [1.807, 2.05) is 0 Å². The highest BCUT2D eigenvalue weighted by Gasteiger charge is 2.60. The highest BCUT2D eigenvalue weighted by molar-refractivity contribution is 7.89. The summed E-state index contributed by atoms with van der Waals surface area (Å²) in [6.07, 6.45) is 3.26. The molecule has 7 heteroatoms. The summed E-state index contributed by atoms with van der Waals surface area (Å²) in [4.78, 5) is -0.0178. The molecule has 3 atom stereocenters. The molecule has 2 bridgehead atoms. The molecule has 128 valence electrons. The number of hydrogen-bond donors (Lipinski definition) is 1. The number of nitrogens with one attached hydrogen (secondary N) is 1. The third-order valence-corrected chi connectivity index (χ3v) is 8.42. The lowest BCUT2D eigenvalue weighted by Crippen LogP contribution is -2.52. The topological polar surface area (TPSA) is 46.2 Å².